The fourth-order valence-electron chi connectivity index (χ4n) is 2.37. The predicted molar refractivity (Wildman–Crippen MR) is 46.8 cm³/mol. The number of piperazine rings is 1. The van der Waals surface area contributed by atoms with Crippen LogP contribution >= 0.6 is 0 Å². The molecule has 2 saturated heterocycles. The number of likely N-dealkylation sites (tertiary alicyclic amines) is 2. The van der Waals surface area contributed by atoms with E-state index in [1.165, 1.54) is 6.42 Å². The molecule has 12 heavy (non-hydrogen) atoms. The zero-order valence-electron chi connectivity index (χ0n) is 7.79. The third-order valence-electron chi connectivity index (χ3n) is 3.14. The lowest BCUT2D eigenvalue weighted by molar-refractivity contribution is -0.133. The van der Waals surface area contributed by atoms with Crippen LogP contribution in [0.1, 0.15) is 19.8 Å². The lowest BCUT2D eigenvalue weighted by atomic mass is 10.2. The molecule has 2 fully saturated rings. The number of carbonyl (C=O) groups excluding carboxylic acids is 1. The highest BCUT2D eigenvalue weighted by Gasteiger charge is 2.42. The normalized spacial score (nSPS) is 34.7. The van der Waals surface area contributed by atoms with E-state index in [9.17, 15) is 4.79 Å². The minimum Gasteiger partial charge on any atom is -0.337 e. The molecule has 3 nitrogen and oxygen atoms in total. The van der Waals surface area contributed by atoms with Crippen LogP contribution < -0.4 is 0 Å². The second kappa shape index (κ2) is 2.73. The topological polar surface area (TPSA) is 23.6 Å². The number of carbonyl (C=O) groups is 1. The predicted octanol–water partition coefficient (Wildman–Crippen LogP) is 0.311. The van der Waals surface area contributed by atoms with E-state index in [0.717, 1.165) is 13.1 Å². The first kappa shape index (κ1) is 8.05. The molecule has 2 atom stereocenters. The smallest absolute Gasteiger partial charge is 0.222 e. The Balaban J connectivity index is 2.02. The largest absolute Gasteiger partial charge is 0.337 e. The minimum absolute atomic E-state index is 0.329. The minimum atomic E-state index is 0.329. The molecule has 2 aliphatic rings. The van der Waals surface area contributed by atoms with Gasteiger partial charge < -0.3 is 4.90 Å². The van der Waals surface area contributed by atoms with Crippen LogP contribution in [-0.2, 0) is 4.79 Å². The van der Waals surface area contributed by atoms with E-state index in [2.05, 4.69) is 16.8 Å². The van der Waals surface area contributed by atoms with Gasteiger partial charge in [0, 0.05) is 31.6 Å². The number of likely N-dealkylation sites (N-methyl/N-ethyl adjacent to an activating group) is 1. The fourth-order valence-corrected chi connectivity index (χ4v) is 2.37. The Labute approximate surface area is 73.3 Å². The highest BCUT2D eigenvalue weighted by atomic mass is 16.2. The Morgan fingerprint density at radius 1 is 1.42 bits per heavy atom. The Morgan fingerprint density at radius 2 is 2.17 bits per heavy atom. The van der Waals surface area contributed by atoms with Gasteiger partial charge in [0.05, 0.1) is 0 Å². The van der Waals surface area contributed by atoms with Crippen LogP contribution in [0, 0.1) is 0 Å². The van der Waals surface area contributed by atoms with Gasteiger partial charge in [0.25, 0.3) is 0 Å². The highest BCUT2D eigenvalue weighted by molar-refractivity contribution is 5.76. The molecule has 0 aromatic rings. The summed E-state index contributed by atoms with van der Waals surface area (Å²) in [5.41, 5.74) is 0. The van der Waals surface area contributed by atoms with Crippen LogP contribution in [0.2, 0.25) is 0 Å². The van der Waals surface area contributed by atoms with Gasteiger partial charge in [-0.05, 0) is 13.5 Å². The van der Waals surface area contributed by atoms with Gasteiger partial charge in [-0.1, -0.05) is 6.92 Å². The lowest BCUT2D eigenvalue weighted by Gasteiger charge is -2.31. The molecule has 0 aromatic heterocycles. The molecule has 68 valence electrons. The summed E-state index contributed by atoms with van der Waals surface area (Å²) in [6, 6.07) is 1.16. The van der Waals surface area contributed by atoms with Crippen molar-refractivity contribution in [2.45, 2.75) is 31.8 Å². The number of nitrogens with zero attached hydrogens (tertiary/aromatic N) is 2. The van der Waals surface area contributed by atoms with Crippen LogP contribution in [0.5, 0.6) is 0 Å². The van der Waals surface area contributed by atoms with Gasteiger partial charge in [0.1, 0.15) is 0 Å². The number of hydrogen-bond acceptors (Lipinski definition) is 2. The summed E-state index contributed by atoms with van der Waals surface area (Å²) in [6.45, 7) is 3.99. The van der Waals surface area contributed by atoms with Crippen LogP contribution in [0.25, 0.3) is 0 Å². The molecule has 2 unspecified atom stereocenters. The molecular weight excluding hydrogens is 152 g/mol. The monoisotopic (exact) mass is 168 g/mol. The van der Waals surface area contributed by atoms with Crippen LogP contribution in [-0.4, -0.2) is 47.9 Å². The molecule has 0 spiro atoms. The van der Waals surface area contributed by atoms with Crippen molar-refractivity contribution in [1.29, 1.82) is 0 Å². The van der Waals surface area contributed by atoms with Crippen molar-refractivity contribution in [3.8, 4) is 0 Å². The van der Waals surface area contributed by atoms with E-state index in [0.29, 0.717) is 24.4 Å². The lowest BCUT2D eigenvalue weighted by Crippen LogP contribution is -2.47. The van der Waals surface area contributed by atoms with Crippen molar-refractivity contribution in [2.75, 3.05) is 20.1 Å². The zero-order valence-corrected chi connectivity index (χ0v) is 7.79. The second-order valence-corrected chi connectivity index (χ2v) is 3.88. The summed E-state index contributed by atoms with van der Waals surface area (Å²) in [6.07, 6.45) is 1.86. The van der Waals surface area contributed by atoms with Crippen molar-refractivity contribution in [1.82, 2.24) is 9.80 Å². The van der Waals surface area contributed by atoms with E-state index >= 15 is 0 Å². The standard InChI is InChI=1S/C9H16N2O/c1-3-9(12)11-6-7-4-8(11)5-10(7)2/h7-8H,3-6H2,1-2H3. The molecule has 0 radical (unpaired) electrons. The molecule has 0 aliphatic carbocycles. The van der Waals surface area contributed by atoms with E-state index in [1.807, 2.05) is 6.92 Å². The molecule has 0 aromatic carbocycles. The Kier molecular flexibility index (Phi) is 1.83. The van der Waals surface area contributed by atoms with Gasteiger partial charge in [-0.3, -0.25) is 9.69 Å². The van der Waals surface area contributed by atoms with Gasteiger partial charge in [-0.2, -0.15) is 0 Å². The average Bonchev–Trinajstić information content (AvgIpc) is 2.60. The molecule has 1 amide bonds. The summed E-state index contributed by atoms with van der Waals surface area (Å²) in [7, 11) is 2.15. The fraction of sp³-hybridized carbons (Fsp3) is 0.889. The van der Waals surface area contributed by atoms with E-state index in [1.54, 1.807) is 0 Å². The first-order valence-electron chi connectivity index (χ1n) is 4.72. The van der Waals surface area contributed by atoms with Crippen LogP contribution in [0.4, 0.5) is 0 Å². The number of fused-ring (bicyclic) bond motifs is 2. The first-order chi connectivity index (χ1) is 5.72. The van der Waals surface area contributed by atoms with Gasteiger partial charge in [0.15, 0.2) is 0 Å². The Morgan fingerprint density at radius 3 is 2.58 bits per heavy atom. The molecular formula is C9H16N2O. The summed E-state index contributed by atoms with van der Waals surface area (Å²) in [5, 5.41) is 0. The SMILES string of the molecule is CCC(=O)N1CC2CC1CN2C. The maximum Gasteiger partial charge on any atom is 0.222 e. The second-order valence-electron chi connectivity index (χ2n) is 3.88. The van der Waals surface area contributed by atoms with Crippen molar-refractivity contribution in [3.63, 3.8) is 0 Å². The molecule has 0 saturated carbocycles. The maximum atomic E-state index is 11.4. The molecule has 2 aliphatic heterocycles. The van der Waals surface area contributed by atoms with Crippen molar-refractivity contribution < 1.29 is 4.79 Å². The van der Waals surface area contributed by atoms with E-state index in [4.69, 9.17) is 0 Å². The number of amides is 1. The van der Waals surface area contributed by atoms with Gasteiger partial charge in [-0.25, -0.2) is 0 Å². The first-order valence-corrected chi connectivity index (χ1v) is 4.72. The van der Waals surface area contributed by atoms with E-state index in [-0.39, 0.29) is 0 Å². The Hall–Kier alpha value is -0.570. The highest BCUT2D eigenvalue weighted by Crippen LogP contribution is 2.29. The third-order valence-corrected chi connectivity index (χ3v) is 3.14. The summed E-state index contributed by atoms with van der Waals surface area (Å²) in [5.74, 6) is 0.329. The van der Waals surface area contributed by atoms with Crippen molar-refractivity contribution in [3.05, 3.63) is 0 Å². The number of rotatable bonds is 1. The molecule has 0 N–H and O–H groups in total. The summed E-state index contributed by atoms with van der Waals surface area (Å²) in [4.78, 5) is 15.8. The Bertz CT molecular complexity index is 203. The molecule has 3 heteroatoms. The van der Waals surface area contributed by atoms with Crippen LogP contribution in [0.15, 0.2) is 0 Å². The van der Waals surface area contributed by atoms with Crippen LogP contribution in [0.3, 0.4) is 0 Å². The van der Waals surface area contributed by atoms with Crippen molar-refractivity contribution >= 4 is 5.91 Å². The third kappa shape index (κ3) is 1.04. The van der Waals surface area contributed by atoms with Crippen molar-refractivity contribution in [2.24, 2.45) is 0 Å². The average molecular weight is 168 g/mol. The van der Waals surface area contributed by atoms with E-state index < -0.39 is 0 Å². The zero-order chi connectivity index (χ0) is 8.72. The molecule has 2 bridgehead atoms. The summed E-state index contributed by atoms with van der Waals surface area (Å²) < 4.78 is 0. The quantitative estimate of drug-likeness (QED) is 0.562. The summed E-state index contributed by atoms with van der Waals surface area (Å²) >= 11 is 0. The molecule has 2 heterocycles. The van der Waals surface area contributed by atoms with Gasteiger partial charge >= 0.3 is 0 Å². The van der Waals surface area contributed by atoms with Gasteiger partial charge in [0.2, 0.25) is 5.91 Å². The number of hydrogen-bond donors (Lipinski definition) is 0. The maximum absolute atomic E-state index is 11.4. The van der Waals surface area contributed by atoms with Gasteiger partial charge in [-0.15, -0.1) is 0 Å². The molecule has 2 rings (SSSR count).